The van der Waals surface area contributed by atoms with Crippen LogP contribution in [-0.2, 0) is 0 Å². The lowest BCUT2D eigenvalue weighted by Crippen LogP contribution is -2.18. The van der Waals surface area contributed by atoms with Gasteiger partial charge in [-0.25, -0.2) is 5.43 Å². The highest BCUT2D eigenvalue weighted by atomic mass is 16.5. The molecule has 0 saturated carbocycles. The molecule has 1 amide bonds. The van der Waals surface area contributed by atoms with E-state index in [0.717, 1.165) is 11.1 Å². The van der Waals surface area contributed by atoms with Crippen molar-refractivity contribution in [1.82, 2.24) is 15.6 Å². The Morgan fingerprint density at radius 3 is 2.73 bits per heavy atom. The molecule has 0 bridgehead atoms. The van der Waals surface area contributed by atoms with Crippen molar-refractivity contribution in [1.29, 1.82) is 0 Å². The summed E-state index contributed by atoms with van der Waals surface area (Å²) in [5.74, 6) is 0.322. The molecule has 0 radical (unpaired) electrons. The number of hydrogen-bond donors (Lipinski definition) is 2. The van der Waals surface area contributed by atoms with Gasteiger partial charge in [0, 0.05) is 11.1 Å². The Balaban J connectivity index is 1.70. The number of carbonyl (C=O) groups excluding carboxylic acids is 1. The van der Waals surface area contributed by atoms with Gasteiger partial charge in [-0.15, -0.1) is 0 Å². The van der Waals surface area contributed by atoms with E-state index in [9.17, 15) is 4.79 Å². The van der Waals surface area contributed by atoms with E-state index in [1.54, 1.807) is 13.2 Å². The zero-order chi connectivity index (χ0) is 18.5. The van der Waals surface area contributed by atoms with Gasteiger partial charge in [-0.2, -0.15) is 10.2 Å². The zero-order valence-electron chi connectivity index (χ0n) is 14.9. The molecule has 0 aliphatic heterocycles. The summed E-state index contributed by atoms with van der Waals surface area (Å²) < 4.78 is 5.24. The molecule has 0 aliphatic rings. The molecule has 0 atom stereocenters. The number of aryl methyl sites for hydroxylation is 2. The third-order valence-electron chi connectivity index (χ3n) is 4.13. The van der Waals surface area contributed by atoms with Gasteiger partial charge in [0.2, 0.25) is 0 Å². The smallest absolute Gasteiger partial charge is 0.289 e. The lowest BCUT2D eigenvalue weighted by molar-refractivity contribution is 0.0950. The first-order chi connectivity index (χ1) is 12.6. The molecule has 2 N–H and O–H groups in total. The van der Waals surface area contributed by atoms with Crippen molar-refractivity contribution in [3.63, 3.8) is 0 Å². The molecule has 1 aromatic heterocycles. The van der Waals surface area contributed by atoms with Gasteiger partial charge in [0.25, 0.3) is 5.91 Å². The van der Waals surface area contributed by atoms with Crippen LogP contribution in [0.3, 0.4) is 0 Å². The molecule has 1 heterocycles. The maximum absolute atomic E-state index is 12.2. The monoisotopic (exact) mass is 348 g/mol. The Labute approximate surface area is 151 Å². The van der Waals surface area contributed by atoms with Crippen LogP contribution >= 0.6 is 0 Å². The molecule has 0 saturated heterocycles. The highest BCUT2D eigenvalue weighted by molar-refractivity contribution is 5.94. The maximum atomic E-state index is 12.2. The van der Waals surface area contributed by atoms with Crippen LogP contribution in [0.1, 0.15) is 27.2 Å². The van der Waals surface area contributed by atoms with Crippen molar-refractivity contribution in [2.45, 2.75) is 13.8 Å². The minimum atomic E-state index is -0.362. The Morgan fingerprint density at radius 1 is 1.15 bits per heavy atom. The largest absolute Gasteiger partial charge is 0.496 e. The van der Waals surface area contributed by atoms with E-state index in [2.05, 4.69) is 27.6 Å². The Morgan fingerprint density at radius 2 is 1.96 bits per heavy atom. The first-order valence-corrected chi connectivity index (χ1v) is 8.18. The summed E-state index contributed by atoms with van der Waals surface area (Å²) >= 11 is 0. The quantitative estimate of drug-likeness (QED) is 0.547. The molecule has 0 spiro atoms. The second-order valence-electron chi connectivity index (χ2n) is 5.91. The molecule has 0 unspecified atom stereocenters. The molecule has 6 heteroatoms. The van der Waals surface area contributed by atoms with Crippen molar-refractivity contribution >= 4 is 12.1 Å². The molecule has 26 heavy (non-hydrogen) atoms. The molecule has 0 aliphatic carbocycles. The fourth-order valence-electron chi connectivity index (χ4n) is 2.48. The van der Waals surface area contributed by atoms with Crippen molar-refractivity contribution in [3.05, 3.63) is 70.9 Å². The number of amides is 1. The van der Waals surface area contributed by atoms with Crippen molar-refractivity contribution in [2.75, 3.05) is 7.11 Å². The summed E-state index contributed by atoms with van der Waals surface area (Å²) in [7, 11) is 1.59. The average Bonchev–Trinajstić information content (AvgIpc) is 3.14. The predicted molar refractivity (Wildman–Crippen MR) is 102 cm³/mol. The number of ether oxygens (including phenoxy) is 1. The third-order valence-corrected chi connectivity index (χ3v) is 4.13. The van der Waals surface area contributed by atoms with E-state index in [1.807, 2.05) is 49.4 Å². The average molecular weight is 348 g/mol. The molecule has 6 nitrogen and oxygen atoms in total. The van der Waals surface area contributed by atoms with Gasteiger partial charge in [-0.1, -0.05) is 24.3 Å². The van der Waals surface area contributed by atoms with Crippen LogP contribution < -0.4 is 10.2 Å². The van der Waals surface area contributed by atoms with Gasteiger partial charge in [0.15, 0.2) is 0 Å². The highest BCUT2D eigenvalue weighted by Gasteiger charge is 2.11. The molecular weight excluding hydrogens is 328 g/mol. The maximum Gasteiger partial charge on any atom is 0.289 e. The number of para-hydroxylation sites is 1. The van der Waals surface area contributed by atoms with Crippen LogP contribution in [0, 0.1) is 13.8 Å². The topological polar surface area (TPSA) is 79.4 Å². The van der Waals surface area contributed by atoms with E-state index in [1.165, 1.54) is 17.3 Å². The minimum Gasteiger partial charge on any atom is -0.496 e. The van der Waals surface area contributed by atoms with E-state index in [-0.39, 0.29) is 5.91 Å². The van der Waals surface area contributed by atoms with Crippen LogP contribution in [0.25, 0.3) is 11.3 Å². The molecule has 3 rings (SSSR count). The standard InChI is InChI=1S/C20H20N4O2/c1-13-8-9-15(10-14(13)2)17-11-18(23-22-17)20(25)24-21-12-16-6-4-5-7-19(16)26-3/h4-12H,1-3H3,(H,22,23)(H,24,25)/b21-12-. The van der Waals surface area contributed by atoms with Gasteiger partial charge in [-0.3, -0.25) is 9.89 Å². The SMILES string of the molecule is COc1ccccc1/C=N\NC(=O)c1cc(-c2ccc(C)c(C)c2)n[nH]1. The van der Waals surface area contributed by atoms with E-state index >= 15 is 0 Å². The Bertz CT molecular complexity index is 960. The van der Waals surface area contributed by atoms with E-state index < -0.39 is 0 Å². The number of benzene rings is 2. The van der Waals surface area contributed by atoms with Crippen LogP contribution in [0.4, 0.5) is 0 Å². The molecule has 3 aromatic rings. The Hall–Kier alpha value is -3.41. The minimum absolute atomic E-state index is 0.343. The number of carbonyl (C=O) groups is 1. The summed E-state index contributed by atoms with van der Waals surface area (Å²) in [5.41, 5.74) is 7.67. The summed E-state index contributed by atoms with van der Waals surface area (Å²) in [4.78, 5) is 12.2. The van der Waals surface area contributed by atoms with E-state index in [0.29, 0.717) is 17.1 Å². The lowest BCUT2D eigenvalue weighted by Gasteiger charge is -2.02. The summed E-state index contributed by atoms with van der Waals surface area (Å²) in [6, 6.07) is 15.2. The number of aromatic nitrogens is 2. The molecule has 2 aromatic carbocycles. The normalized spacial score (nSPS) is 10.9. The van der Waals surface area contributed by atoms with Crippen molar-refractivity contribution in [2.24, 2.45) is 5.10 Å². The number of hydrazone groups is 1. The molecule has 0 fully saturated rings. The second-order valence-corrected chi connectivity index (χ2v) is 5.91. The van der Waals surface area contributed by atoms with Crippen molar-refractivity contribution in [3.8, 4) is 17.0 Å². The lowest BCUT2D eigenvalue weighted by atomic mass is 10.0. The van der Waals surface area contributed by atoms with E-state index in [4.69, 9.17) is 4.74 Å². The van der Waals surface area contributed by atoms with Gasteiger partial charge in [0.05, 0.1) is 19.0 Å². The first-order valence-electron chi connectivity index (χ1n) is 8.18. The summed E-state index contributed by atoms with van der Waals surface area (Å²) in [5, 5.41) is 10.9. The fraction of sp³-hybridized carbons (Fsp3) is 0.150. The van der Waals surface area contributed by atoms with Crippen LogP contribution in [0.2, 0.25) is 0 Å². The fourth-order valence-corrected chi connectivity index (χ4v) is 2.48. The number of hydrogen-bond acceptors (Lipinski definition) is 4. The number of nitrogens with one attached hydrogen (secondary N) is 2. The van der Waals surface area contributed by atoms with Crippen molar-refractivity contribution < 1.29 is 9.53 Å². The van der Waals surface area contributed by atoms with Crippen LogP contribution in [0.5, 0.6) is 5.75 Å². The predicted octanol–water partition coefficient (Wildman–Crippen LogP) is 3.47. The third kappa shape index (κ3) is 3.80. The Kier molecular flexibility index (Phi) is 5.12. The number of rotatable bonds is 5. The van der Waals surface area contributed by atoms with Gasteiger partial charge >= 0.3 is 0 Å². The molecule has 132 valence electrons. The first kappa shape index (κ1) is 17.4. The number of H-pyrrole nitrogens is 1. The number of aromatic amines is 1. The van der Waals surface area contributed by atoms with Gasteiger partial charge < -0.3 is 4.74 Å². The molecular formula is C20H20N4O2. The number of methoxy groups -OCH3 is 1. The summed E-state index contributed by atoms with van der Waals surface area (Å²) in [6.45, 7) is 4.11. The van der Waals surface area contributed by atoms with Gasteiger partial charge in [0.1, 0.15) is 11.4 Å². The van der Waals surface area contributed by atoms with Gasteiger partial charge in [-0.05, 0) is 49.2 Å². The van der Waals surface area contributed by atoms with Crippen LogP contribution in [-0.4, -0.2) is 29.4 Å². The summed E-state index contributed by atoms with van der Waals surface area (Å²) in [6.07, 6.45) is 1.54. The number of nitrogens with zero attached hydrogens (tertiary/aromatic N) is 2. The van der Waals surface area contributed by atoms with Crippen LogP contribution in [0.15, 0.2) is 53.6 Å². The highest BCUT2D eigenvalue weighted by Crippen LogP contribution is 2.21. The second kappa shape index (κ2) is 7.65. The zero-order valence-corrected chi connectivity index (χ0v) is 14.9.